The molecule has 0 spiro atoms. The molecule has 1 N–H and O–H groups in total. The quantitative estimate of drug-likeness (QED) is 0.828. The lowest BCUT2D eigenvalue weighted by molar-refractivity contribution is 0.0711. The highest BCUT2D eigenvalue weighted by molar-refractivity contribution is 7.89. The first-order chi connectivity index (χ1) is 13.8. The summed E-state index contributed by atoms with van der Waals surface area (Å²) >= 11 is 0. The van der Waals surface area contributed by atoms with Gasteiger partial charge in [-0.1, -0.05) is 12.1 Å². The summed E-state index contributed by atoms with van der Waals surface area (Å²) in [6.45, 7) is 4.82. The fraction of sp³-hybridized carbons (Fsp3) is 0.381. The first-order valence-electron chi connectivity index (χ1n) is 9.62. The first kappa shape index (κ1) is 19.7. The molecule has 1 amide bonds. The molecule has 0 bridgehead atoms. The van der Waals surface area contributed by atoms with Crippen LogP contribution in [0.2, 0.25) is 0 Å². The lowest BCUT2D eigenvalue weighted by Gasteiger charge is -2.32. The summed E-state index contributed by atoms with van der Waals surface area (Å²) < 4.78 is 39.0. The molecule has 0 atom stereocenters. The summed E-state index contributed by atoms with van der Waals surface area (Å²) in [7, 11) is -3.59. The van der Waals surface area contributed by atoms with E-state index in [0.717, 1.165) is 11.1 Å². The third-order valence-corrected chi connectivity index (χ3v) is 7.02. The van der Waals surface area contributed by atoms with Crippen LogP contribution in [-0.4, -0.2) is 45.1 Å². The molecule has 2 aliphatic rings. The highest BCUT2D eigenvalue weighted by Crippen LogP contribution is 2.33. The number of rotatable bonds is 4. The van der Waals surface area contributed by atoms with Gasteiger partial charge in [-0.15, -0.1) is 0 Å². The van der Waals surface area contributed by atoms with Gasteiger partial charge in [0.05, 0.1) is 4.90 Å². The van der Waals surface area contributed by atoms with Crippen molar-refractivity contribution >= 4 is 15.9 Å². The van der Waals surface area contributed by atoms with E-state index < -0.39 is 10.0 Å². The average Bonchev–Trinajstić information content (AvgIpc) is 3.17. The Kier molecular flexibility index (Phi) is 5.23. The number of aryl methyl sites for hydroxylation is 2. The Morgan fingerprint density at radius 2 is 1.76 bits per heavy atom. The minimum Gasteiger partial charge on any atom is -0.454 e. The van der Waals surface area contributed by atoms with Gasteiger partial charge >= 0.3 is 0 Å². The van der Waals surface area contributed by atoms with E-state index in [1.807, 2.05) is 19.1 Å². The summed E-state index contributed by atoms with van der Waals surface area (Å²) in [4.78, 5) is 14.9. The number of carbonyl (C=O) groups is 1. The van der Waals surface area contributed by atoms with Crippen LogP contribution in [0.1, 0.15) is 34.3 Å². The van der Waals surface area contributed by atoms with Crippen LogP contribution in [0.5, 0.6) is 11.5 Å². The maximum absolute atomic E-state index is 12.8. The fourth-order valence-corrected chi connectivity index (χ4v) is 5.33. The number of ether oxygens (including phenoxy) is 2. The van der Waals surface area contributed by atoms with E-state index >= 15 is 0 Å². The molecule has 0 aromatic heterocycles. The molecule has 8 heteroatoms. The Balaban J connectivity index is 1.39. The van der Waals surface area contributed by atoms with Crippen LogP contribution in [0.4, 0.5) is 0 Å². The van der Waals surface area contributed by atoms with Gasteiger partial charge in [0.15, 0.2) is 11.5 Å². The third-order valence-electron chi connectivity index (χ3n) is 5.36. The van der Waals surface area contributed by atoms with Crippen LogP contribution in [0, 0.1) is 13.8 Å². The number of amides is 1. The molecule has 1 saturated heterocycles. The van der Waals surface area contributed by atoms with Gasteiger partial charge in [0, 0.05) is 24.7 Å². The minimum absolute atomic E-state index is 0.0841. The molecule has 2 heterocycles. The van der Waals surface area contributed by atoms with E-state index in [4.69, 9.17) is 9.47 Å². The molecule has 2 aliphatic heterocycles. The number of nitrogens with one attached hydrogen (secondary N) is 1. The molecule has 154 valence electrons. The molecule has 29 heavy (non-hydrogen) atoms. The lowest BCUT2D eigenvalue weighted by Crippen LogP contribution is -2.46. The largest absolute Gasteiger partial charge is 0.454 e. The zero-order valence-electron chi connectivity index (χ0n) is 16.5. The summed E-state index contributed by atoms with van der Waals surface area (Å²) in [5, 5.41) is 0. The van der Waals surface area contributed by atoms with Gasteiger partial charge in [-0.25, -0.2) is 13.1 Å². The predicted molar refractivity (Wildman–Crippen MR) is 108 cm³/mol. The molecule has 0 unspecified atom stereocenters. The van der Waals surface area contributed by atoms with Crippen molar-refractivity contribution in [2.24, 2.45) is 0 Å². The molecular weight excluding hydrogens is 392 g/mol. The number of likely N-dealkylation sites (tertiary alicyclic amines) is 1. The Morgan fingerprint density at radius 3 is 2.52 bits per heavy atom. The van der Waals surface area contributed by atoms with Gasteiger partial charge in [-0.3, -0.25) is 4.79 Å². The number of benzene rings is 2. The molecule has 2 aromatic rings. The standard InChI is InChI=1S/C21H24N2O5S/c1-14-3-4-15(2)20(11-14)29(25,26)22-17-7-9-23(10-8-17)21(24)16-5-6-18-19(12-16)28-13-27-18/h3-6,11-12,17,22H,7-10,13H2,1-2H3. The van der Waals surface area contributed by atoms with Crippen LogP contribution < -0.4 is 14.2 Å². The van der Waals surface area contributed by atoms with Crippen LogP contribution in [0.15, 0.2) is 41.3 Å². The van der Waals surface area contributed by atoms with E-state index in [1.54, 1.807) is 36.1 Å². The number of hydrogen-bond acceptors (Lipinski definition) is 5. The highest BCUT2D eigenvalue weighted by atomic mass is 32.2. The number of nitrogens with zero attached hydrogens (tertiary/aromatic N) is 1. The number of fused-ring (bicyclic) bond motifs is 1. The van der Waals surface area contributed by atoms with Crippen molar-refractivity contribution in [2.75, 3.05) is 19.9 Å². The summed E-state index contributed by atoms with van der Waals surface area (Å²) in [6, 6.07) is 10.4. The summed E-state index contributed by atoms with van der Waals surface area (Å²) in [5.41, 5.74) is 2.17. The second kappa shape index (κ2) is 7.68. The van der Waals surface area contributed by atoms with Crippen molar-refractivity contribution < 1.29 is 22.7 Å². The Labute approximate surface area is 170 Å². The topological polar surface area (TPSA) is 84.9 Å². The van der Waals surface area contributed by atoms with E-state index in [2.05, 4.69) is 4.72 Å². The normalized spacial score (nSPS) is 16.8. The zero-order chi connectivity index (χ0) is 20.6. The van der Waals surface area contributed by atoms with Crippen LogP contribution in [0.25, 0.3) is 0 Å². The average molecular weight is 416 g/mol. The maximum atomic E-state index is 12.8. The van der Waals surface area contributed by atoms with Crippen molar-refractivity contribution in [3.05, 3.63) is 53.1 Å². The van der Waals surface area contributed by atoms with Gasteiger partial charge in [0.25, 0.3) is 5.91 Å². The van der Waals surface area contributed by atoms with E-state index in [1.165, 1.54) is 0 Å². The molecule has 7 nitrogen and oxygen atoms in total. The smallest absolute Gasteiger partial charge is 0.253 e. The van der Waals surface area contributed by atoms with Crippen LogP contribution in [0.3, 0.4) is 0 Å². The molecule has 1 fully saturated rings. The van der Waals surface area contributed by atoms with Crippen molar-refractivity contribution in [3.63, 3.8) is 0 Å². The second-order valence-corrected chi connectivity index (χ2v) is 9.21. The maximum Gasteiger partial charge on any atom is 0.253 e. The zero-order valence-corrected chi connectivity index (χ0v) is 17.3. The minimum atomic E-state index is -3.59. The van der Waals surface area contributed by atoms with Gasteiger partial charge < -0.3 is 14.4 Å². The lowest BCUT2D eigenvalue weighted by atomic mass is 10.0. The van der Waals surface area contributed by atoms with Crippen LogP contribution in [-0.2, 0) is 10.0 Å². The number of piperidine rings is 1. The van der Waals surface area contributed by atoms with E-state index in [0.29, 0.717) is 47.9 Å². The SMILES string of the molecule is Cc1ccc(C)c(S(=O)(=O)NC2CCN(C(=O)c3ccc4c(c3)OCO4)CC2)c1. The molecule has 2 aromatic carbocycles. The monoisotopic (exact) mass is 416 g/mol. The van der Waals surface area contributed by atoms with Crippen molar-refractivity contribution in [3.8, 4) is 11.5 Å². The summed E-state index contributed by atoms with van der Waals surface area (Å²) in [5.74, 6) is 1.13. The fourth-order valence-electron chi connectivity index (χ4n) is 3.69. The van der Waals surface area contributed by atoms with Gasteiger partial charge in [-0.05, 0) is 62.1 Å². The van der Waals surface area contributed by atoms with Crippen molar-refractivity contribution in [2.45, 2.75) is 37.6 Å². The summed E-state index contributed by atoms with van der Waals surface area (Å²) in [6.07, 6.45) is 1.14. The Hall–Kier alpha value is -2.58. The number of hydrogen-bond donors (Lipinski definition) is 1. The van der Waals surface area contributed by atoms with Crippen molar-refractivity contribution in [1.82, 2.24) is 9.62 Å². The van der Waals surface area contributed by atoms with Crippen molar-refractivity contribution in [1.29, 1.82) is 0 Å². The van der Waals surface area contributed by atoms with Crippen LogP contribution >= 0.6 is 0 Å². The number of sulfonamides is 1. The highest BCUT2D eigenvalue weighted by Gasteiger charge is 2.28. The first-order valence-corrected chi connectivity index (χ1v) is 11.1. The van der Waals surface area contributed by atoms with Gasteiger partial charge in [0.2, 0.25) is 16.8 Å². The Bertz CT molecular complexity index is 1040. The molecule has 4 rings (SSSR count). The second-order valence-electron chi connectivity index (χ2n) is 7.52. The third kappa shape index (κ3) is 4.09. The number of carbonyl (C=O) groups excluding carboxylic acids is 1. The molecule has 0 radical (unpaired) electrons. The van der Waals surface area contributed by atoms with Gasteiger partial charge in [0.1, 0.15) is 0 Å². The molecular formula is C21H24N2O5S. The Morgan fingerprint density at radius 1 is 1.03 bits per heavy atom. The predicted octanol–water partition coefficient (Wildman–Crippen LogP) is 2.62. The molecule has 0 aliphatic carbocycles. The van der Waals surface area contributed by atoms with E-state index in [-0.39, 0.29) is 18.7 Å². The molecule has 0 saturated carbocycles. The van der Waals surface area contributed by atoms with Gasteiger partial charge in [-0.2, -0.15) is 0 Å². The van der Waals surface area contributed by atoms with E-state index in [9.17, 15) is 13.2 Å².